The van der Waals surface area contributed by atoms with E-state index in [4.69, 9.17) is 5.11 Å². The highest BCUT2D eigenvalue weighted by molar-refractivity contribution is 9.10. The molecule has 0 atom stereocenters. The summed E-state index contributed by atoms with van der Waals surface area (Å²) in [5, 5.41) is 8.90. The third-order valence-corrected chi connectivity index (χ3v) is 3.11. The molecule has 1 aromatic rings. The average Bonchev–Trinajstić information content (AvgIpc) is 2.19. The van der Waals surface area contributed by atoms with Gasteiger partial charge in [0.15, 0.2) is 5.78 Å². The molecule has 1 aromatic carbocycles. The molecular weight excluding hydrogens is 328 g/mol. The zero-order valence-corrected chi connectivity index (χ0v) is 10.8. The molecule has 0 aliphatic rings. The fourth-order valence-corrected chi connectivity index (χ4v) is 1.83. The molecule has 0 saturated carbocycles. The lowest BCUT2D eigenvalue weighted by molar-refractivity contribution is -0.136. The maximum Gasteiger partial charge on any atom is 0.307 e. The van der Waals surface area contributed by atoms with Gasteiger partial charge in [0.25, 0.3) is 0 Å². The van der Waals surface area contributed by atoms with E-state index in [1.807, 2.05) is 0 Å². The standard InChI is InChI=1S/C10H8Br2O3/c11-5-9(13)6-1-2-8(12)7(3-6)4-10(14)15/h1-3H,4-5H2,(H,14,15). The van der Waals surface area contributed by atoms with Crippen molar-refractivity contribution < 1.29 is 14.7 Å². The first kappa shape index (κ1) is 12.4. The molecule has 3 nitrogen and oxygen atoms in total. The van der Waals surface area contributed by atoms with Crippen molar-refractivity contribution in [2.75, 3.05) is 5.33 Å². The van der Waals surface area contributed by atoms with Gasteiger partial charge in [0.1, 0.15) is 0 Å². The summed E-state index contributed by atoms with van der Waals surface area (Å²) in [4.78, 5) is 21.9. The van der Waals surface area contributed by atoms with Gasteiger partial charge in [-0.1, -0.05) is 37.9 Å². The lowest BCUT2D eigenvalue weighted by Gasteiger charge is -2.04. The van der Waals surface area contributed by atoms with Crippen molar-refractivity contribution >= 4 is 43.6 Å². The van der Waals surface area contributed by atoms with Crippen molar-refractivity contribution in [1.29, 1.82) is 0 Å². The van der Waals surface area contributed by atoms with Crippen molar-refractivity contribution in [2.45, 2.75) is 6.42 Å². The molecule has 0 unspecified atom stereocenters. The summed E-state index contributed by atoms with van der Waals surface area (Å²) in [7, 11) is 0. The molecule has 0 aliphatic heterocycles. The zero-order valence-electron chi connectivity index (χ0n) is 7.67. The maximum atomic E-state index is 11.4. The predicted octanol–water partition coefficient (Wildman–Crippen LogP) is 2.65. The molecule has 0 bridgehead atoms. The number of ketones is 1. The first-order chi connectivity index (χ1) is 7.04. The third-order valence-electron chi connectivity index (χ3n) is 1.83. The lowest BCUT2D eigenvalue weighted by Crippen LogP contribution is -2.05. The molecule has 0 aliphatic carbocycles. The number of carboxylic acid groups (broad SMARTS) is 1. The minimum absolute atomic E-state index is 0.0610. The van der Waals surface area contributed by atoms with Crippen LogP contribution in [0.25, 0.3) is 0 Å². The van der Waals surface area contributed by atoms with Crippen LogP contribution in [0.15, 0.2) is 22.7 Å². The van der Waals surface area contributed by atoms with Crippen LogP contribution in [0.5, 0.6) is 0 Å². The van der Waals surface area contributed by atoms with E-state index in [-0.39, 0.29) is 17.5 Å². The number of hydrogen-bond donors (Lipinski definition) is 1. The molecule has 1 rings (SSSR count). The molecule has 0 amide bonds. The highest BCUT2D eigenvalue weighted by Crippen LogP contribution is 2.19. The van der Waals surface area contributed by atoms with Gasteiger partial charge >= 0.3 is 5.97 Å². The molecule has 0 spiro atoms. The van der Waals surface area contributed by atoms with E-state index in [0.29, 0.717) is 15.6 Å². The van der Waals surface area contributed by atoms with Crippen molar-refractivity contribution in [3.05, 3.63) is 33.8 Å². The number of rotatable bonds is 4. The van der Waals surface area contributed by atoms with Gasteiger partial charge in [-0.05, 0) is 17.7 Å². The number of carbonyl (C=O) groups is 2. The quantitative estimate of drug-likeness (QED) is 0.679. The Balaban J connectivity index is 3.05. The topological polar surface area (TPSA) is 54.4 Å². The molecule has 1 N–H and O–H groups in total. The van der Waals surface area contributed by atoms with Crippen LogP contribution < -0.4 is 0 Å². The molecule has 0 heterocycles. The molecular formula is C10H8Br2O3. The van der Waals surface area contributed by atoms with E-state index in [9.17, 15) is 9.59 Å². The Kier molecular flexibility index (Phi) is 4.47. The summed E-state index contributed by atoms with van der Waals surface area (Å²) in [5.74, 6) is -0.978. The van der Waals surface area contributed by atoms with Gasteiger partial charge in [-0.3, -0.25) is 9.59 Å². The van der Waals surface area contributed by atoms with Crippen molar-refractivity contribution in [3.63, 3.8) is 0 Å². The maximum absolute atomic E-state index is 11.4. The molecule has 5 heteroatoms. The summed E-state index contributed by atoms with van der Waals surface area (Å²) < 4.78 is 0.705. The summed E-state index contributed by atoms with van der Waals surface area (Å²) in [6.07, 6.45) is -0.0933. The highest BCUT2D eigenvalue weighted by Gasteiger charge is 2.09. The third kappa shape index (κ3) is 3.43. The number of aliphatic carboxylic acids is 1. The fraction of sp³-hybridized carbons (Fsp3) is 0.200. The SMILES string of the molecule is O=C(O)Cc1cc(C(=O)CBr)ccc1Br. The van der Waals surface area contributed by atoms with Gasteiger partial charge < -0.3 is 5.11 Å². The number of benzene rings is 1. The van der Waals surface area contributed by atoms with Gasteiger partial charge in [-0.2, -0.15) is 0 Å². The van der Waals surface area contributed by atoms with Crippen LogP contribution in [-0.2, 0) is 11.2 Å². The monoisotopic (exact) mass is 334 g/mol. The van der Waals surface area contributed by atoms with E-state index < -0.39 is 5.97 Å². The average molecular weight is 336 g/mol. The summed E-state index contributed by atoms with van der Waals surface area (Å²) >= 11 is 6.31. The van der Waals surface area contributed by atoms with E-state index in [1.54, 1.807) is 18.2 Å². The van der Waals surface area contributed by atoms with Gasteiger partial charge in [0.05, 0.1) is 11.8 Å². The molecule has 0 aromatic heterocycles. The summed E-state index contributed by atoms with van der Waals surface area (Å²) in [6, 6.07) is 4.95. The van der Waals surface area contributed by atoms with E-state index >= 15 is 0 Å². The predicted molar refractivity (Wildman–Crippen MR) is 63.6 cm³/mol. The number of carbonyl (C=O) groups excluding carboxylic acids is 1. The molecule has 0 fully saturated rings. The van der Waals surface area contributed by atoms with Crippen LogP contribution >= 0.6 is 31.9 Å². The minimum Gasteiger partial charge on any atom is -0.481 e. The van der Waals surface area contributed by atoms with Crippen LogP contribution in [0.3, 0.4) is 0 Å². The Morgan fingerprint density at radius 2 is 2.00 bits per heavy atom. The van der Waals surface area contributed by atoms with Crippen LogP contribution in [0, 0.1) is 0 Å². The van der Waals surface area contributed by atoms with Crippen LogP contribution in [-0.4, -0.2) is 22.2 Å². The first-order valence-electron chi connectivity index (χ1n) is 4.14. The normalized spacial score (nSPS) is 10.0. The molecule has 15 heavy (non-hydrogen) atoms. The van der Waals surface area contributed by atoms with Gasteiger partial charge in [-0.25, -0.2) is 0 Å². The van der Waals surface area contributed by atoms with Crippen molar-refractivity contribution in [1.82, 2.24) is 0 Å². The second-order valence-electron chi connectivity index (χ2n) is 2.93. The van der Waals surface area contributed by atoms with Crippen LogP contribution in [0.2, 0.25) is 0 Å². The molecule has 80 valence electrons. The number of Topliss-reactive ketones (excluding diaryl/α,β-unsaturated/α-hetero) is 1. The number of carboxylic acids is 1. The van der Waals surface area contributed by atoms with Gasteiger partial charge in [0.2, 0.25) is 0 Å². The Bertz CT molecular complexity index is 402. The Hall–Kier alpha value is -0.680. The van der Waals surface area contributed by atoms with Gasteiger partial charge in [0, 0.05) is 10.0 Å². The highest BCUT2D eigenvalue weighted by atomic mass is 79.9. The van der Waals surface area contributed by atoms with Crippen molar-refractivity contribution in [3.8, 4) is 0 Å². The van der Waals surface area contributed by atoms with E-state index in [0.717, 1.165) is 0 Å². The molecule has 0 radical (unpaired) electrons. The Morgan fingerprint density at radius 3 is 2.53 bits per heavy atom. The van der Waals surface area contributed by atoms with E-state index in [2.05, 4.69) is 31.9 Å². The lowest BCUT2D eigenvalue weighted by atomic mass is 10.1. The second-order valence-corrected chi connectivity index (χ2v) is 4.35. The van der Waals surface area contributed by atoms with Gasteiger partial charge in [-0.15, -0.1) is 0 Å². The minimum atomic E-state index is -0.917. The number of halogens is 2. The summed E-state index contributed by atoms with van der Waals surface area (Å²) in [5.41, 5.74) is 1.13. The number of hydrogen-bond acceptors (Lipinski definition) is 2. The Labute approximate surface area is 104 Å². The Morgan fingerprint density at radius 1 is 1.33 bits per heavy atom. The second kappa shape index (κ2) is 5.42. The zero-order chi connectivity index (χ0) is 11.4. The number of alkyl halides is 1. The molecule has 0 saturated heterocycles. The fourth-order valence-electron chi connectivity index (χ4n) is 1.12. The largest absolute Gasteiger partial charge is 0.481 e. The van der Waals surface area contributed by atoms with E-state index in [1.165, 1.54) is 0 Å². The van der Waals surface area contributed by atoms with Crippen molar-refractivity contribution in [2.24, 2.45) is 0 Å². The smallest absolute Gasteiger partial charge is 0.307 e. The van der Waals surface area contributed by atoms with Crippen LogP contribution in [0.4, 0.5) is 0 Å². The van der Waals surface area contributed by atoms with Crippen LogP contribution in [0.1, 0.15) is 15.9 Å². The summed E-state index contributed by atoms with van der Waals surface area (Å²) in [6.45, 7) is 0. The first-order valence-corrected chi connectivity index (χ1v) is 6.05.